The van der Waals surface area contributed by atoms with Gasteiger partial charge in [-0.15, -0.1) is 0 Å². The maximum absolute atomic E-state index is 13.1. The lowest BCUT2D eigenvalue weighted by Crippen LogP contribution is -2.53. The minimum Gasteiger partial charge on any atom is -0.367 e. The van der Waals surface area contributed by atoms with Crippen LogP contribution in [-0.2, 0) is 6.54 Å². The number of halogens is 1. The summed E-state index contributed by atoms with van der Waals surface area (Å²) in [5.74, 6) is -0.255. The molecule has 3 nitrogen and oxygen atoms in total. The monoisotopic (exact) mass is 335 g/mol. The second kappa shape index (κ2) is 6.50. The molecule has 0 amide bonds. The summed E-state index contributed by atoms with van der Waals surface area (Å²) in [7, 11) is 0. The van der Waals surface area contributed by atoms with Crippen molar-refractivity contribution in [2.24, 2.45) is 0 Å². The molecule has 2 heterocycles. The first kappa shape index (κ1) is 16.1. The predicted molar refractivity (Wildman–Crippen MR) is 96.4 cm³/mol. The van der Waals surface area contributed by atoms with Gasteiger partial charge in [0.25, 0.3) is 0 Å². The van der Waals surface area contributed by atoms with E-state index in [9.17, 15) is 9.65 Å². The van der Waals surface area contributed by atoms with Gasteiger partial charge < -0.3 is 5.32 Å². The van der Waals surface area contributed by atoms with Crippen molar-refractivity contribution in [2.75, 3.05) is 5.32 Å². The quantitative estimate of drug-likeness (QED) is 0.904. The van der Waals surface area contributed by atoms with Crippen LogP contribution in [0.4, 0.5) is 10.1 Å². The molecule has 0 aliphatic carbocycles. The molecule has 25 heavy (non-hydrogen) atoms. The number of nitriles is 1. The lowest BCUT2D eigenvalue weighted by Gasteiger charge is -2.44. The van der Waals surface area contributed by atoms with Gasteiger partial charge in [0.15, 0.2) is 0 Å². The second-order valence-corrected chi connectivity index (χ2v) is 7.28. The van der Waals surface area contributed by atoms with Crippen LogP contribution in [-0.4, -0.2) is 22.5 Å². The summed E-state index contributed by atoms with van der Waals surface area (Å²) in [6.45, 7) is 0.953. The molecule has 128 valence electrons. The molecule has 4 heteroatoms. The summed E-state index contributed by atoms with van der Waals surface area (Å²) >= 11 is 0. The van der Waals surface area contributed by atoms with Gasteiger partial charge in [0.1, 0.15) is 11.4 Å². The molecule has 2 aromatic rings. The number of benzene rings is 2. The number of piperidine rings is 1. The van der Waals surface area contributed by atoms with E-state index in [1.807, 2.05) is 6.07 Å². The van der Waals surface area contributed by atoms with Gasteiger partial charge in [-0.25, -0.2) is 4.39 Å². The van der Waals surface area contributed by atoms with E-state index in [4.69, 9.17) is 0 Å². The van der Waals surface area contributed by atoms with Crippen LogP contribution in [0.5, 0.6) is 0 Å². The van der Waals surface area contributed by atoms with Crippen molar-refractivity contribution in [3.63, 3.8) is 0 Å². The number of nitrogens with one attached hydrogen (secondary N) is 1. The van der Waals surface area contributed by atoms with E-state index >= 15 is 0 Å². The second-order valence-electron chi connectivity index (χ2n) is 7.28. The Balaban J connectivity index is 1.51. The summed E-state index contributed by atoms with van der Waals surface area (Å²) in [4.78, 5) is 2.57. The summed E-state index contributed by atoms with van der Waals surface area (Å²) in [5, 5.41) is 13.3. The van der Waals surface area contributed by atoms with Crippen molar-refractivity contribution in [2.45, 2.75) is 49.9 Å². The highest BCUT2D eigenvalue weighted by Gasteiger charge is 2.48. The molecule has 2 saturated heterocycles. The van der Waals surface area contributed by atoms with Gasteiger partial charge in [0, 0.05) is 24.3 Å². The highest BCUT2D eigenvalue weighted by atomic mass is 19.1. The Labute approximate surface area is 148 Å². The molecule has 2 bridgehead atoms. The predicted octanol–water partition coefficient (Wildman–Crippen LogP) is 4.33. The van der Waals surface area contributed by atoms with E-state index in [1.54, 1.807) is 12.1 Å². The highest BCUT2D eigenvalue weighted by Crippen LogP contribution is 2.42. The molecule has 1 N–H and O–H groups in total. The maximum atomic E-state index is 13.1. The van der Waals surface area contributed by atoms with Crippen molar-refractivity contribution in [3.8, 4) is 6.07 Å². The molecule has 0 spiro atoms. The smallest absolute Gasteiger partial charge is 0.128 e. The van der Waals surface area contributed by atoms with E-state index in [2.05, 4.69) is 40.6 Å². The van der Waals surface area contributed by atoms with Crippen LogP contribution < -0.4 is 5.32 Å². The third-order valence-electron chi connectivity index (χ3n) is 5.59. The molecule has 2 atom stereocenters. The van der Waals surface area contributed by atoms with Crippen LogP contribution in [0.2, 0.25) is 0 Å². The minimum absolute atomic E-state index is 0.255. The Kier molecular flexibility index (Phi) is 4.19. The fraction of sp³-hybridized carbons (Fsp3) is 0.381. The first-order chi connectivity index (χ1) is 12.2. The number of fused-ring (bicyclic) bond motifs is 2. The van der Waals surface area contributed by atoms with Gasteiger partial charge in [-0.3, -0.25) is 4.90 Å². The van der Waals surface area contributed by atoms with Crippen LogP contribution in [0, 0.1) is 17.1 Å². The van der Waals surface area contributed by atoms with Crippen molar-refractivity contribution in [1.29, 1.82) is 5.26 Å². The number of rotatable bonds is 4. The van der Waals surface area contributed by atoms with E-state index in [-0.39, 0.29) is 5.82 Å². The van der Waals surface area contributed by atoms with Gasteiger partial charge in [-0.05, 0) is 55.5 Å². The molecule has 4 rings (SSSR count). The minimum atomic E-state index is -0.559. The van der Waals surface area contributed by atoms with Gasteiger partial charge in [0.05, 0.1) is 6.07 Å². The lowest BCUT2D eigenvalue weighted by atomic mass is 9.83. The topological polar surface area (TPSA) is 39.1 Å². The van der Waals surface area contributed by atoms with Crippen molar-refractivity contribution in [3.05, 3.63) is 66.0 Å². The summed E-state index contributed by atoms with van der Waals surface area (Å²) < 4.78 is 13.1. The Morgan fingerprint density at radius 3 is 2.28 bits per heavy atom. The largest absolute Gasteiger partial charge is 0.367 e. The van der Waals surface area contributed by atoms with Crippen molar-refractivity contribution in [1.82, 2.24) is 4.90 Å². The molecule has 2 unspecified atom stereocenters. The Morgan fingerprint density at radius 1 is 1.04 bits per heavy atom. The first-order valence-corrected chi connectivity index (χ1v) is 8.92. The standard InChI is InChI=1S/C21H22FN3/c22-17-6-8-18(9-7-17)24-21(15-23)12-19-10-11-20(13-21)25(19)14-16-4-2-1-3-5-16/h1-9,19-20,24H,10-14H2. The molecular formula is C21H22FN3. The number of nitrogens with zero attached hydrogens (tertiary/aromatic N) is 2. The Morgan fingerprint density at radius 2 is 1.68 bits per heavy atom. The SMILES string of the molecule is N#CC1(Nc2ccc(F)cc2)CC2CCC(C1)N2Cc1ccccc1. The summed E-state index contributed by atoms with van der Waals surface area (Å²) in [5.41, 5.74) is 1.59. The third kappa shape index (κ3) is 3.25. The van der Waals surface area contributed by atoms with E-state index in [0.717, 1.165) is 37.9 Å². The molecule has 2 fully saturated rings. The highest BCUT2D eigenvalue weighted by molar-refractivity contribution is 5.48. The Hall–Kier alpha value is -2.38. The zero-order valence-electron chi connectivity index (χ0n) is 14.2. The van der Waals surface area contributed by atoms with Crippen molar-refractivity contribution < 1.29 is 4.39 Å². The lowest BCUT2D eigenvalue weighted by molar-refractivity contribution is 0.106. The molecular weight excluding hydrogens is 313 g/mol. The number of anilines is 1. The number of hydrogen-bond donors (Lipinski definition) is 1. The third-order valence-corrected chi connectivity index (χ3v) is 5.59. The zero-order valence-corrected chi connectivity index (χ0v) is 14.2. The van der Waals surface area contributed by atoms with Crippen LogP contribution >= 0.6 is 0 Å². The molecule has 2 aliphatic rings. The van der Waals surface area contributed by atoms with E-state index in [0.29, 0.717) is 12.1 Å². The van der Waals surface area contributed by atoms with Crippen LogP contribution in [0.25, 0.3) is 0 Å². The van der Waals surface area contributed by atoms with Gasteiger partial charge >= 0.3 is 0 Å². The molecule has 0 aromatic heterocycles. The maximum Gasteiger partial charge on any atom is 0.128 e. The van der Waals surface area contributed by atoms with Crippen LogP contribution in [0.15, 0.2) is 54.6 Å². The average Bonchev–Trinajstić information content (AvgIpc) is 2.88. The van der Waals surface area contributed by atoms with E-state index in [1.165, 1.54) is 17.7 Å². The van der Waals surface area contributed by atoms with Gasteiger partial charge in [-0.2, -0.15) is 5.26 Å². The molecule has 2 aliphatic heterocycles. The normalized spacial score (nSPS) is 28.5. The number of hydrogen-bond acceptors (Lipinski definition) is 3. The van der Waals surface area contributed by atoms with E-state index < -0.39 is 5.54 Å². The molecule has 0 saturated carbocycles. The summed E-state index contributed by atoms with van der Waals surface area (Å²) in [6, 6.07) is 20.2. The fourth-order valence-electron chi connectivity index (χ4n) is 4.42. The zero-order chi connectivity index (χ0) is 17.3. The fourth-order valence-corrected chi connectivity index (χ4v) is 4.42. The molecule has 2 aromatic carbocycles. The van der Waals surface area contributed by atoms with Crippen LogP contribution in [0.1, 0.15) is 31.2 Å². The van der Waals surface area contributed by atoms with Gasteiger partial charge in [-0.1, -0.05) is 30.3 Å². The van der Waals surface area contributed by atoms with Crippen molar-refractivity contribution >= 4 is 5.69 Å². The first-order valence-electron chi connectivity index (χ1n) is 8.92. The molecule has 0 radical (unpaired) electrons. The average molecular weight is 335 g/mol. The Bertz CT molecular complexity index is 752. The summed E-state index contributed by atoms with van der Waals surface area (Å²) in [6.07, 6.45) is 3.91. The van der Waals surface area contributed by atoms with Crippen LogP contribution in [0.3, 0.4) is 0 Å². The van der Waals surface area contributed by atoms with Gasteiger partial charge in [0.2, 0.25) is 0 Å².